The number of esters is 1. The zero-order valence-corrected chi connectivity index (χ0v) is 11.0. The Kier molecular flexibility index (Phi) is 3.60. The number of nitrogens with zero attached hydrogens (tertiary/aromatic N) is 2. The number of methoxy groups -OCH3 is 1. The van der Waals surface area contributed by atoms with Crippen molar-refractivity contribution in [2.24, 2.45) is 0 Å². The number of hydrogen-bond donors (Lipinski definition) is 0. The molecule has 0 spiro atoms. The number of rotatable bonds is 2. The lowest BCUT2D eigenvalue weighted by Gasteiger charge is -2.25. The van der Waals surface area contributed by atoms with Crippen LogP contribution in [0.1, 0.15) is 28.9 Å². The number of nitriles is 1. The molecule has 8 heteroatoms. The highest BCUT2D eigenvalue weighted by atomic mass is 19.2. The number of fused-ring (bicyclic) bond motifs is 1. The molecule has 0 aliphatic carbocycles. The monoisotopic (exact) mass is 298 g/mol. The van der Waals surface area contributed by atoms with Gasteiger partial charge in [0.2, 0.25) is 0 Å². The molecule has 2 unspecified atom stereocenters. The second-order valence-electron chi connectivity index (χ2n) is 4.39. The molecule has 0 radical (unpaired) electrons. The van der Waals surface area contributed by atoms with Gasteiger partial charge >= 0.3 is 5.97 Å². The first-order valence-corrected chi connectivity index (χ1v) is 5.82. The fraction of sp³-hybridized carbons (Fsp3) is 0.308. The minimum atomic E-state index is -1.80. The molecule has 0 N–H and O–H groups in total. The standard InChI is InChI=1S/C13H9F3N2O3/c1-5(13(20)21-2)18-8(4-17)6-3-7(14)10(15)11(16)9(6)12(18)19/h3,5,8H,1-2H3. The van der Waals surface area contributed by atoms with Crippen molar-refractivity contribution in [1.82, 2.24) is 4.90 Å². The summed E-state index contributed by atoms with van der Waals surface area (Å²) < 4.78 is 44.7. The minimum absolute atomic E-state index is 0.311. The molecular weight excluding hydrogens is 289 g/mol. The van der Waals surface area contributed by atoms with Crippen LogP contribution < -0.4 is 0 Å². The van der Waals surface area contributed by atoms with E-state index in [1.54, 1.807) is 6.07 Å². The third-order valence-corrected chi connectivity index (χ3v) is 3.30. The molecule has 2 rings (SSSR count). The van der Waals surface area contributed by atoms with E-state index < -0.39 is 47.0 Å². The van der Waals surface area contributed by atoms with E-state index in [2.05, 4.69) is 4.74 Å². The third-order valence-electron chi connectivity index (χ3n) is 3.30. The van der Waals surface area contributed by atoms with Gasteiger partial charge in [0.15, 0.2) is 17.5 Å². The average molecular weight is 298 g/mol. The molecular formula is C13H9F3N2O3. The van der Waals surface area contributed by atoms with Crippen LogP contribution in [0.4, 0.5) is 13.2 Å². The van der Waals surface area contributed by atoms with Gasteiger partial charge in [-0.25, -0.2) is 18.0 Å². The van der Waals surface area contributed by atoms with Crippen molar-refractivity contribution in [2.75, 3.05) is 7.11 Å². The van der Waals surface area contributed by atoms with Crippen LogP contribution in [0.25, 0.3) is 0 Å². The molecule has 1 aliphatic rings. The molecule has 1 amide bonds. The Morgan fingerprint density at radius 2 is 2.05 bits per heavy atom. The Labute approximate surface area is 117 Å². The van der Waals surface area contributed by atoms with Crippen molar-refractivity contribution < 1.29 is 27.5 Å². The fourth-order valence-electron chi connectivity index (χ4n) is 2.26. The normalized spacial score (nSPS) is 18.2. The highest BCUT2D eigenvalue weighted by Gasteiger charge is 2.45. The highest BCUT2D eigenvalue weighted by molar-refractivity contribution is 6.02. The van der Waals surface area contributed by atoms with E-state index in [0.29, 0.717) is 6.07 Å². The number of halogens is 3. The second kappa shape index (κ2) is 5.09. The van der Waals surface area contributed by atoms with Crippen LogP contribution >= 0.6 is 0 Å². The summed E-state index contributed by atoms with van der Waals surface area (Å²) in [5.41, 5.74) is -1.05. The first kappa shape index (κ1) is 14.8. The van der Waals surface area contributed by atoms with Crippen molar-refractivity contribution in [3.63, 3.8) is 0 Å². The number of amides is 1. The highest BCUT2D eigenvalue weighted by Crippen LogP contribution is 2.37. The number of ether oxygens (including phenoxy) is 1. The number of carbonyl (C=O) groups excluding carboxylic acids is 2. The van der Waals surface area contributed by atoms with Crippen LogP contribution in [-0.4, -0.2) is 29.9 Å². The van der Waals surface area contributed by atoms with Gasteiger partial charge in [-0.2, -0.15) is 5.26 Å². The van der Waals surface area contributed by atoms with Gasteiger partial charge in [0.1, 0.15) is 12.1 Å². The zero-order valence-electron chi connectivity index (χ0n) is 11.0. The quantitative estimate of drug-likeness (QED) is 0.615. The Hall–Kier alpha value is -2.56. The van der Waals surface area contributed by atoms with Gasteiger partial charge in [0, 0.05) is 5.56 Å². The molecule has 1 aromatic rings. The lowest BCUT2D eigenvalue weighted by Crippen LogP contribution is -2.41. The molecule has 0 saturated heterocycles. The van der Waals surface area contributed by atoms with Gasteiger partial charge in [0.05, 0.1) is 18.7 Å². The summed E-state index contributed by atoms with van der Waals surface area (Å²) in [7, 11) is 1.08. The van der Waals surface area contributed by atoms with E-state index in [0.717, 1.165) is 12.0 Å². The smallest absolute Gasteiger partial charge is 0.328 e. The molecule has 0 bridgehead atoms. The van der Waals surface area contributed by atoms with E-state index in [1.165, 1.54) is 6.92 Å². The van der Waals surface area contributed by atoms with Crippen molar-refractivity contribution in [3.05, 3.63) is 34.6 Å². The SMILES string of the molecule is COC(=O)C(C)N1C(=O)c2c(cc(F)c(F)c2F)C1C#N. The summed E-state index contributed by atoms with van der Waals surface area (Å²) in [6.45, 7) is 1.27. The van der Waals surface area contributed by atoms with E-state index in [9.17, 15) is 22.8 Å². The van der Waals surface area contributed by atoms with Crippen LogP contribution in [0, 0.1) is 28.8 Å². The molecule has 0 saturated carbocycles. The van der Waals surface area contributed by atoms with E-state index in [1.807, 2.05) is 0 Å². The molecule has 1 heterocycles. The molecule has 1 aliphatic heterocycles. The lowest BCUT2D eigenvalue weighted by molar-refractivity contribution is -0.145. The van der Waals surface area contributed by atoms with Gasteiger partial charge < -0.3 is 9.64 Å². The number of carbonyl (C=O) groups is 2. The molecule has 21 heavy (non-hydrogen) atoms. The van der Waals surface area contributed by atoms with Gasteiger partial charge in [-0.3, -0.25) is 4.79 Å². The van der Waals surface area contributed by atoms with Gasteiger partial charge in [-0.1, -0.05) is 0 Å². The lowest BCUT2D eigenvalue weighted by atomic mass is 10.0. The summed E-state index contributed by atoms with van der Waals surface area (Å²) in [6.07, 6.45) is 0. The van der Waals surface area contributed by atoms with Crippen LogP contribution in [0.15, 0.2) is 6.07 Å². The maximum Gasteiger partial charge on any atom is 0.328 e. The second-order valence-corrected chi connectivity index (χ2v) is 4.39. The van der Waals surface area contributed by atoms with Crippen LogP contribution in [0.5, 0.6) is 0 Å². The maximum atomic E-state index is 13.8. The Bertz CT molecular complexity index is 684. The molecule has 0 aromatic heterocycles. The van der Waals surface area contributed by atoms with Gasteiger partial charge in [0.25, 0.3) is 5.91 Å². The summed E-state index contributed by atoms with van der Waals surface area (Å²) in [6, 6.07) is -0.338. The van der Waals surface area contributed by atoms with Crippen molar-refractivity contribution in [3.8, 4) is 6.07 Å². The summed E-state index contributed by atoms with van der Waals surface area (Å²) in [4.78, 5) is 24.4. The van der Waals surface area contributed by atoms with E-state index >= 15 is 0 Å². The molecule has 2 atom stereocenters. The van der Waals surface area contributed by atoms with Crippen LogP contribution in [-0.2, 0) is 9.53 Å². The predicted octanol–water partition coefficient (Wildman–Crippen LogP) is 1.69. The van der Waals surface area contributed by atoms with Crippen molar-refractivity contribution in [2.45, 2.75) is 19.0 Å². The summed E-state index contributed by atoms with van der Waals surface area (Å²) in [5, 5.41) is 9.12. The summed E-state index contributed by atoms with van der Waals surface area (Å²) in [5.74, 6) is -6.88. The Balaban J connectivity index is 2.61. The van der Waals surface area contributed by atoms with E-state index in [-0.39, 0.29) is 5.56 Å². The molecule has 0 fully saturated rings. The third kappa shape index (κ3) is 2.01. The Morgan fingerprint density at radius 1 is 1.43 bits per heavy atom. The Morgan fingerprint density at radius 3 is 2.57 bits per heavy atom. The van der Waals surface area contributed by atoms with Gasteiger partial charge in [-0.05, 0) is 13.0 Å². The predicted molar refractivity (Wildman–Crippen MR) is 62.3 cm³/mol. The number of benzene rings is 1. The largest absolute Gasteiger partial charge is 0.467 e. The fourth-order valence-corrected chi connectivity index (χ4v) is 2.26. The van der Waals surface area contributed by atoms with E-state index in [4.69, 9.17) is 5.26 Å². The first-order chi connectivity index (χ1) is 9.84. The summed E-state index contributed by atoms with van der Waals surface area (Å²) >= 11 is 0. The zero-order chi connectivity index (χ0) is 15.9. The van der Waals surface area contributed by atoms with Crippen LogP contribution in [0.2, 0.25) is 0 Å². The van der Waals surface area contributed by atoms with Crippen molar-refractivity contribution >= 4 is 11.9 Å². The topological polar surface area (TPSA) is 70.4 Å². The molecule has 5 nitrogen and oxygen atoms in total. The van der Waals surface area contributed by atoms with Crippen molar-refractivity contribution in [1.29, 1.82) is 5.26 Å². The molecule has 1 aromatic carbocycles. The first-order valence-electron chi connectivity index (χ1n) is 5.82. The maximum absolute atomic E-state index is 13.8. The minimum Gasteiger partial charge on any atom is -0.467 e. The average Bonchev–Trinajstić information content (AvgIpc) is 2.75. The van der Waals surface area contributed by atoms with Gasteiger partial charge in [-0.15, -0.1) is 0 Å². The number of hydrogen-bond acceptors (Lipinski definition) is 4. The molecule has 110 valence electrons. The van der Waals surface area contributed by atoms with Crippen LogP contribution in [0.3, 0.4) is 0 Å².